The Morgan fingerprint density at radius 3 is 2.90 bits per heavy atom. The van der Waals surface area contributed by atoms with Crippen molar-refractivity contribution < 1.29 is 9.53 Å². The number of nitrogens with two attached hydrogens (primary N) is 1. The molecule has 1 aromatic rings. The van der Waals surface area contributed by atoms with Gasteiger partial charge in [-0.05, 0) is 19.4 Å². The van der Waals surface area contributed by atoms with E-state index >= 15 is 0 Å². The minimum atomic E-state index is -0.442. The predicted molar refractivity (Wildman–Crippen MR) is 79.6 cm³/mol. The molecule has 5 heteroatoms. The van der Waals surface area contributed by atoms with E-state index in [4.69, 9.17) is 22.1 Å². The van der Waals surface area contributed by atoms with Crippen molar-refractivity contribution in [2.45, 2.75) is 38.5 Å². The first-order chi connectivity index (χ1) is 9.54. The van der Waals surface area contributed by atoms with Gasteiger partial charge in [-0.1, -0.05) is 36.7 Å². The second kappa shape index (κ2) is 6.57. The third-order valence-electron chi connectivity index (χ3n) is 3.73. The summed E-state index contributed by atoms with van der Waals surface area (Å²) >= 11 is 6.20. The van der Waals surface area contributed by atoms with Gasteiger partial charge >= 0.3 is 0 Å². The van der Waals surface area contributed by atoms with E-state index in [-0.39, 0.29) is 18.1 Å². The van der Waals surface area contributed by atoms with Crippen LogP contribution in [0.2, 0.25) is 5.02 Å². The van der Waals surface area contributed by atoms with Gasteiger partial charge in [-0.3, -0.25) is 4.79 Å². The molecule has 0 aliphatic carbocycles. The van der Waals surface area contributed by atoms with Crippen LogP contribution in [-0.4, -0.2) is 36.0 Å². The summed E-state index contributed by atoms with van der Waals surface area (Å²) in [6, 6.07) is 7.18. The molecule has 2 N–H and O–H groups in total. The molecule has 1 aliphatic rings. The van der Waals surface area contributed by atoms with Crippen LogP contribution in [0.15, 0.2) is 24.3 Å². The van der Waals surface area contributed by atoms with E-state index in [0.29, 0.717) is 24.6 Å². The average Bonchev–Trinajstić information content (AvgIpc) is 2.47. The molecule has 1 saturated heterocycles. The number of ether oxygens (including phenoxy) is 1. The topological polar surface area (TPSA) is 55.6 Å². The Balaban J connectivity index is 2.16. The quantitative estimate of drug-likeness (QED) is 0.931. The van der Waals surface area contributed by atoms with Crippen molar-refractivity contribution in [2.24, 2.45) is 5.73 Å². The Labute approximate surface area is 124 Å². The normalized spacial score (nSPS) is 24.5. The van der Waals surface area contributed by atoms with E-state index in [9.17, 15) is 4.79 Å². The standard InChI is InChI=1S/C15H21ClN2O2/c1-3-13(17)15(19)18-8-14(20-9-10(18)2)11-6-4-5-7-12(11)16/h4-7,10,13-14H,3,8-9,17H2,1-2H3. The first kappa shape index (κ1) is 15.3. The van der Waals surface area contributed by atoms with Crippen molar-refractivity contribution in [3.8, 4) is 0 Å². The maximum Gasteiger partial charge on any atom is 0.239 e. The summed E-state index contributed by atoms with van der Waals surface area (Å²) in [5, 5.41) is 0.666. The molecule has 110 valence electrons. The van der Waals surface area contributed by atoms with E-state index < -0.39 is 6.04 Å². The molecular weight excluding hydrogens is 276 g/mol. The van der Waals surface area contributed by atoms with E-state index in [2.05, 4.69) is 0 Å². The summed E-state index contributed by atoms with van der Waals surface area (Å²) in [5.41, 5.74) is 6.79. The summed E-state index contributed by atoms with van der Waals surface area (Å²) in [6.07, 6.45) is 0.451. The number of rotatable bonds is 3. The van der Waals surface area contributed by atoms with E-state index in [0.717, 1.165) is 5.56 Å². The summed E-state index contributed by atoms with van der Waals surface area (Å²) < 4.78 is 5.83. The van der Waals surface area contributed by atoms with Crippen LogP contribution < -0.4 is 5.73 Å². The maximum atomic E-state index is 12.3. The summed E-state index contributed by atoms with van der Waals surface area (Å²) in [6.45, 7) is 4.89. The molecule has 0 aromatic heterocycles. The van der Waals surface area contributed by atoms with Gasteiger partial charge in [0.05, 0.1) is 25.2 Å². The molecule has 0 bridgehead atoms. The lowest BCUT2D eigenvalue weighted by Gasteiger charge is -2.39. The lowest BCUT2D eigenvalue weighted by molar-refractivity contribution is -0.145. The fourth-order valence-corrected chi connectivity index (χ4v) is 2.63. The van der Waals surface area contributed by atoms with Crippen LogP contribution in [0.25, 0.3) is 0 Å². The van der Waals surface area contributed by atoms with Crippen LogP contribution >= 0.6 is 11.6 Å². The lowest BCUT2D eigenvalue weighted by atomic mass is 10.0. The minimum Gasteiger partial charge on any atom is -0.369 e. The smallest absolute Gasteiger partial charge is 0.239 e. The lowest BCUT2D eigenvalue weighted by Crippen LogP contribution is -2.53. The number of hydrogen-bond acceptors (Lipinski definition) is 3. The number of benzene rings is 1. The Morgan fingerprint density at radius 1 is 1.55 bits per heavy atom. The highest BCUT2D eigenvalue weighted by Crippen LogP contribution is 2.30. The zero-order valence-corrected chi connectivity index (χ0v) is 12.6. The van der Waals surface area contributed by atoms with Gasteiger partial charge in [-0.2, -0.15) is 0 Å². The second-order valence-electron chi connectivity index (χ2n) is 5.20. The number of morpholine rings is 1. The van der Waals surface area contributed by atoms with Gasteiger partial charge in [-0.15, -0.1) is 0 Å². The molecule has 3 unspecified atom stereocenters. The number of carbonyl (C=O) groups is 1. The molecule has 4 nitrogen and oxygen atoms in total. The third-order valence-corrected chi connectivity index (χ3v) is 4.07. The number of nitrogens with zero attached hydrogens (tertiary/aromatic N) is 1. The number of halogens is 1. The molecule has 0 saturated carbocycles. The SMILES string of the molecule is CCC(N)C(=O)N1CC(c2ccccc2Cl)OCC1C. The van der Waals surface area contributed by atoms with Crippen LogP contribution in [-0.2, 0) is 9.53 Å². The number of carbonyl (C=O) groups excluding carboxylic acids is 1. The van der Waals surface area contributed by atoms with Gasteiger partial charge in [0.25, 0.3) is 0 Å². The highest BCUT2D eigenvalue weighted by atomic mass is 35.5. The second-order valence-corrected chi connectivity index (χ2v) is 5.61. The van der Waals surface area contributed by atoms with Crippen LogP contribution in [0.5, 0.6) is 0 Å². The monoisotopic (exact) mass is 296 g/mol. The van der Waals surface area contributed by atoms with Crippen molar-refractivity contribution in [2.75, 3.05) is 13.2 Å². The van der Waals surface area contributed by atoms with Gasteiger partial charge < -0.3 is 15.4 Å². The third kappa shape index (κ3) is 3.14. The van der Waals surface area contributed by atoms with Crippen molar-refractivity contribution in [1.29, 1.82) is 0 Å². The predicted octanol–water partition coefficient (Wildman–Crippen LogP) is 2.37. The molecule has 1 aromatic carbocycles. The zero-order valence-electron chi connectivity index (χ0n) is 11.9. The van der Waals surface area contributed by atoms with Gasteiger partial charge in [0.1, 0.15) is 6.10 Å². The van der Waals surface area contributed by atoms with Gasteiger partial charge in [0, 0.05) is 10.6 Å². The first-order valence-electron chi connectivity index (χ1n) is 6.96. The van der Waals surface area contributed by atoms with Gasteiger partial charge in [-0.25, -0.2) is 0 Å². The number of hydrogen-bond donors (Lipinski definition) is 1. The van der Waals surface area contributed by atoms with Gasteiger partial charge in [0.2, 0.25) is 5.91 Å². The van der Waals surface area contributed by atoms with Crippen molar-refractivity contribution in [3.63, 3.8) is 0 Å². The fourth-order valence-electron chi connectivity index (χ4n) is 2.38. The van der Waals surface area contributed by atoms with Crippen molar-refractivity contribution in [3.05, 3.63) is 34.9 Å². The molecule has 2 rings (SSSR count). The summed E-state index contributed by atoms with van der Waals surface area (Å²) in [4.78, 5) is 14.1. The summed E-state index contributed by atoms with van der Waals surface area (Å²) in [5.74, 6) is -0.0136. The molecule has 0 radical (unpaired) electrons. The Hall–Kier alpha value is -1.10. The average molecular weight is 297 g/mol. The number of amides is 1. The highest BCUT2D eigenvalue weighted by Gasteiger charge is 2.32. The largest absolute Gasteiger partial charge is 0.369 e. The van der Waals surface area contributed by atoms with E-state index in [1.54, 1.807) is 0 Å². The molecular formula is C15H21ClN2O2. The summed E-state index contributed by atoms with van der Waals surface area (Å²) in [7, 11) is 0. The van der Waals surface area contributed by atoms with Crippen LogP contribution in [0.4, 0.5) is 0 Å². The maximum absolute atomic E-state index is 12.3. The van der Waals surface area contributed by atoms with E-state index in [1.807, 2.05) is 43.0 Å². The molecule has 1 aliphatic heterocycles. The molecule has 1 heterocycles. The van der Waals surface area contributed by atoms with Crippen LogP contribution in [0.3, 0.4) is 0 Å². The van der Waals surface area contributed by atoms with Gasteiger partial charge in [0.15, 0.2) is 0 Å². The molecule has 20 heavy (non-hydrogen) atoms. The highest BCUT2D eigenvalue weighted by molar-refractivity contribution is 6.31. The molecule has 1 amide bonds. The van der Waals surface area contributed by atoms with Crippen LogP contribution in [0.1, 0.15) is 31.9 Å². The van der Waals surface area contributed by atoms with E-state index in [1.165, 1.54) is 0 Å². The van der Waals surface area contributed by atoms with Crippen molar-refractivity contribution >= 4 is 17.5 Å². The van der Waals surface area contributed by atoms with Crippen LogP contribution in [0, 0.1) is 0 Å². The molecule has 3 atom stereocenters. The zero-order chi connectivity index (χ0) is 14.7. The first-order valence-corrected chi connectivity index (χ1v) is 7.34. The fraction of sp³-hybridized carbons (Fsp3) is 0.533. The Morgan fingerprint density at radius 2 is 2.25 bits per heavy atom. The Bertz CT molecular complexity index is 481. The minimum absolute atomic E-state index is 0.0136. The molecule has 0 spiro atoms. The molecule has 1 fully saturated rings. The Kier molecular flexibility index (Phi) is 5.02. The van der Waals surface area contributed by atoms with Crippen molar-refractivity contribution in [1.82, 2.24) is 4.90 Å².